The normalized spacial score (nSPS) is 11.6. The fourth-order valence-electron chi connectivity index (χ4n) is 4.53. The predicted octanol–water partition coefficient (Wildman–Crippen LogP) is 7.41. The van der Waals surface area contributed by atoms with Crippen LogP contribution in [-0.4, -0.2) is 5.11 Å². The molecule has 0 aliphatic heterocycles. The van der Waals surface area contributed by atoms with E-state index in [4.69, 9.17) is 0 Å². The SMILES string of the molecule is Cc1cccc(C(O)(c2cccc(C)c2)c2cccc(-c3ccc4ccccc4c3)c2)c1. The van der Waals surface area contributed by atoms with Crippen molar-refractivity contribution in [3.63, 3.8) is 0 Å². The van der Waals surface area contributed by atoms with Gasteiger partial charge in [0.25, 0.3) is 0 Å². The Morgan fingerprint density at radius 2 is 1.00 bits per heavy atom. The highest BCUT2D eigenvalue weighted by atomic mass is 16.3. The lowest BCUT2D eigenvalue weighted by Crippen LogP contribution is -2.29. The van der Waals surface area contributed by atoms with Crippen LogP contribution in [0.2, 0.25) is 0 Å². The molecule has 0 aliphatic rings. The van der Waals surface area contributed by atoms with Gasteiger partial charge in [-0.3, -0.25) is 0 Å². The van der Waals surface area contributed by atoms with Crippen LogP contribution in [0.3, 0.4) is 0 Å². The summed E-state index contributed by atoms with van der Waals surface area (Å²) in [4.78, 5) is 0. The summed E-state index contributed by atoms with van der Waals surface area (Å²) in [6.07, 6.45) is 0. The molecular formula is C31H26O. The Balaban J connectivity index is 1.70. The lowest BCUT2D eigenvalue weighted by molar-refractivity contribution is 0.125. The van der Waals surface area contributed by atoms with Crippen LogP contribution in [0.1, 0.15) is 27.8 Å². The van der Waals surface area contributed by atoms with Gasteiger partial charge in [-0.05, 0) is 64.6 Å². The number of hydrogen-bond acceptors (Lipinski definition) is 1. The summed E-state index contributed by atoms with van der Waals surface area (Å²) < 4.78 is 0. The third kappa shape index (κ3) is 3.62. The zero-order valence-electron chi connectivity index (χ0n) is 18.4. The number of benzene rings is 5. The summed E-state index contributed by atoms with van der Waals surface area (Å²) >= 11 is 0. The fraction of sp³-hybridized carbons (Fsp3) is 0.0968. The van der Waals surface area contributed by atoms with Gasteiger partial charge in [-0.25, -0.2) is 0 Å². The van der Waals surface area contributed by atoms with E-state index in [1.54, 1.807) is 0 Å². The summed E-state index contributed by atoms with van der Waals surface area (Å²) in [6.45, 7) is 4.12. The van der Waals surface area contributed by atoms with Crippen LogP contribution >= 0.6 is 0 Å². The first kappa shape index (κ1) is 20.2. The molecule has 0 amide bonds. The third-order valence-corrected chi connectivity index (χ3v) is 6.23. The van der Waals surface area contributed by atoms with Crippen LogP contribution in [0.25, 0.3) is 21.9 Å². The van der Waals surface area contributed by atoms with Gasteiger partial charge in [0.2, 0.25) is 0 Å². The number of fused-ring (bicyclic) bond motifs is 1. The van der Waals surface area contributed by atoms with E-state index >= 15 is 0 Å². The Morgan fingerprint density at radius 3 is 1.62 bits per heavy atom. The summed E-state index contributed by atoms with van der Waals surface area (Å²) in [5.41, 5.74) is 5.84. The minimum Gasteiger partial charge on any atom is -0.376 e. The lowest BCUT2D eigenvalue weighted by Gasteiger charge is -2.31. The van der Waals surface area contributed by atoms with E-state index in [1.165, 1.54) is 10.8 Å². The summed E-state index contributed by atoms with van der Waals surface area (Å²) in [6, 6.07) is 39.5. The Labute approximate surface area is 189 Å². The molecule has 0 spiro atoms. The van der Waals surface area contributed by atoms with Gasteiger partial charge in [0.15, 0.2) is 0 Å². The van der Waals surface area contributed by atoms with Crippen molar-refractivity contribution in [1.29, 1.82) is 0 Å². The molecule has 0 saturated heterocycles. The number of rotatable bonds is 4. The van der Waals surface area contributed by atoms with Crippen molar-refractivity contribution in [2.75, 3.05) is 0 Å². The Bertz CT molecular complexity index is 1370. The van der Waals surface area contributed by atoms with E-state index in [-0.39, 0.29) is 0 Å². The van der Waals surface area contributed by atoms with Crippen molar-refractivity contribution in [2.45, 2.75) is 19.4 Å². The second-order valence-corrected chi connectivity index (χ2v) is 8.59. The van der Waals surface area contributed by atoms with Crippen molar-refractivity contribution in [1.82, 2.24) is 0 Å². The lowest BCUT2D eigenvalue weighted by atomic mass is 9.79. The van der Waals surface area contributed by atoms with E-state index in [0.717, 1.165) is 38.9 Å². The standard InChI is InChI=1S/C31H26O/c1-22-8-5-13-28(18-22)31(32,29-14-6-9-23(2)19-29)30-15-7-12-26(21-30)27-17-16-24-10-3-4-11-25(24)20-27/h3-21,32H,1-2H3. The van der Waals surface area contributed by atoms with Crippen molar-refractivity contribution in [3.8, 4) is 11.1 Å². The second kappa shape index (κ2) is 8.11. The van der Waals surface area contributed by atoms with Crippen LogP contribution in [-0.2, 0) is 5.60 Å². The molecule has 156 valence electrons. The molecule has 5 aromatic carbocycles. The van der Waals surface area contributed by atoms with Crippen LogP contribution in [0, 0.1) is 13.8 Å². The van der Waals surface area contributed by atoms with Crippen molar-refractivity contribution < 1.29 is 5.11 Å². The van der Waals surface area contributed by atoms with Gasteiger partial charge >= 0.3 is 0 Å². The first-order valence-electron chi connectivity index (χ1n) is 11.0. The topological polar surface area (TPSA) is 20.2 Å². The molecule has 1 heteroatoms. The Kier molecular flexibility index (Phi) is 5.13. The maximum atomic E-state index is 12.3. The number of aryl methyl sites for hydroxylation is 2. The highest BCUT2D eigenvalue weighted by Crippen LogP contribution is 2.39. The highest BCUT2D eigenvalue weighted by Gasteiger charge is 2.34. The average Bonchev–Trinajstić information content (AvgIpc) is 2.83. The quantitative estimate of drug-likeness (QED) is 0.304. The molecule has 0 atom stereocenters. The number of hydrogen-bond donors (Lipinski definition) is 1. The second-order valence-electron chi connectivity index (χ2n) is 8.59. The Hall–Kier alpha value is -3.68. The molecule has 0 bridgehead atoms. The molecule has 0 fully saturated rings. The van der Waals surface area contributed by atoms with E-state index in [2.05, 4.69) is 92.7 Å². The molecular weight excluding hydrogens is 388 g/mol. The molecule has 0 aliphatic carbocycles. The van der Waals surface area contributed by atoms with Gasteiger partial charge in [-0.15, -0.1) is 0 Å². The molecule has 1 N–H and O–H groups in total. The molecule has 32 heavy (non-hydrogen) atoms. The van der Waals surface area contributed by atoms with Gasteiger partial charge < -0.3 is 5.11 Å². The van der Waals surface area contributed by atoms with E-state index in [1.807, 2.05) is 36.4 Å². The molecule has 0 unspecified atom stereocenters. The highest BCUT2D eigenvalue weighted by molar-refractivity contribution is 5.87. The molecule has 0 saturated carbocycles. The minimum atomic E-state index is -1.25. The Morgan fingerprint density at radius 1 is 0.469 bits per heavy atom. The van der Waals surface area contributed by atoms with Crippen molar-refractivity contribution >= 4 is 10.8 Å². The molecule has 5 aromatic rings. The molecule has 5 rings (SSSR count). The fourth-order valence-corrected chi connectivity index (χ4v) is 4.53. The van der Waals surface area contributed by atoms with Gasteiger partial charge in [0.05, 0.1) is 0 Å². The van der Waals surface area contributed by atoms with E-state index < -0.39 is 5.60 Å². The molecule has 0 radical (unpaired) electrons. The monoisotopic (exact) mass is 414 g/mol. The van der Waals surface area contributed by atoms with Crippen LogP contribution < -0.4 is 0 Å². The molecule has 1 nitrogen and oxygen atoms in total. The van der Waals surface area contributed by atoms with Crippen LogP contribution in [0.4, 0.5) is 0 Å². The van der Waals surface area contributed by atoms with Crippen molar-refractivity contribution in [3.05, 3.63) is 143 Å². The molecule has 0 aromatic heterocycles. The maximum absolute atomic E-state index is 12.3. The largest absolute Gasteiger partial charge is 0.376 e. The van der Waals surface area contributed by atoms with Crippen LogP contribution in [0.5, 0.6) is 0 Å². The van der Waals surface area contributed by atoms with Crippen molar-refractivity contribution in [2.24, 2.45) is 0 Å². The van der Waals surface area contributed by atoms with Gasteiger partial charge in [-0.2, -0.15) is 0 Å². The summed E-state index contributed by atoms with van der Waals surface area (Å²) in [5, 5.41) is 14.8. The van der Waals surface area contributed by atoms with Gasteiger partial charge in [-0.1, -0.05) is 114 Å². The van der Waals surface area contributed by atoms with Gasteiger partial charge in [0.1, 0.15) is 5.60 Å². The summed E-state index contributed by atoms with van der Waals surface area (Å²) in [5.74, 6) is 0. The van der Waals surface area contributed by atoms with E-state index in [0.29, 0.717) is 0 Å². The smallest absolute Gasteiger partial charge is 0.140 e. The number of aliphatic hydroxyl groups is 1. The first-order valence-corrected chi connectivity index (χ1v) is 11.0. The zero-order valence-corrected chi connectivity index (χ0v) is 18.4. The average molecular weight is 415 g/mol. The maximum Gasteiger partial charge on any atom is 0.140 e. The minimum absolute atomic E-state index is 0.861. The summed E-state index contributed by atoms with van der Waals surface area (Å²) in [7, 11) is 0. The zero-order chi connectivity index (χ0) is 22.1. The van der Waals surface area contributed by atoms with Crippen LogP contribution in [0.15, 0.2) is 115 Å². The van der Waals surface area contributed by atoms with Gasteiger partial charge in [0, 0.05) is 0 Å². The third-order valence-electron chi connectivity index (χ3n) is 6.23. The molecule has 0 heterocycles. The predicted molar refractivity (Wildman–Crippen MR) is 134 cm³/mol. The first-order chi connectivity index (χ1) is 15.5. The van der Waals surface area contributed by atoms with E-state index in [9.17, 15) is 5.11 Å².